The fourth-order valence-corrected chi connectivity index (χ4v) is 4.28. The van der Waals surface area contributed by atoms with Crippen molar-refractivity contribution in [3.8, 4) is 0 Å². The van der Waals surface area contributed by atoms with Crippen molar-refractivity contribution in [3.05, 3.63) is 15.6 Å². The smallest absolute Gasteiger partial charge is 0.0962 e. The first-order valence-corrected chi connectivity index (χ1v) is 9.25. The van der Waals surface area contributed by atoms with Crippen LogP contribution in [0.25, 0.3) is 0 Å². The van der Waals surface area contributed by atoms with Crippen LogP contribution in [0.4, 0.5) is 0 Å². The van der Waals surface area contributed by atoms with Crippen molar-refractivity contribution in [2.24, 2.45) is 5.92 Å². The number of rotatable bonds is 7. The number of hydrogen-bond acceptors (Lipinski definition) is 3. The number of thiazole rings is 1. The molecule has 1 heterocycles. The predicted octanol–water partition coefficient (Wildman–Crippen LogP) is 4.89. The molecule has 0 bridgehead atoms. The van der Waals surface area contributed by atoms with Gasteiger partial charge in [0, 0.05) is 17.3 Å². The second-order valence-corrected chi connectivity index (χ2v) is 7.42. The molecule has 1 aliphatic carbocycles. The Bertz CT molecular complexity index is 392. The maximum Gasteiger partial charge on any atom is 0.0962 e. The Morgan fingerprint density at radius 2 is 1.90 bits per heavy atom. The summed E-state index contributed by atoms with van der Waals surface area (Å²) in [4.78, 5) is 6.50. The van der Waals surface area contributed by atoms with Crippen molar-refractivity contribution in [1.82, 2.24) is 10.3 Å². The lowest BCUT2D eigenvalue weighted by molar-refractivity contribution is 0.347. The topological polar surface area (TPSA) is 24.9 Å². The third-order valence-corrected chi connectivity index (χ3v) is 5.62. The van der Waals surface area contributed by atoms with Gasteiger partial charge in [-0.1, -0.05) is 40.0 Å². The van der Waals surface area contributed by atoms with Gasteiger partial charge in [0.2, 0.25) is 0 Å². The Kier molecular flexibility index (Phi) is 6.50. The highest BCUT2D eigenvalue weighted by Crippen LogP contribution is 2.38. The van der Waals surface area contributed by atoms with E-state index in [4.69, 9.17) is 4.98 Å². The summed E-state index contributed by atoms with van der Waals surface area (Å²) in [5.41, 5.74) is 1.37. The van der Waals surface area contributed by atoms with Crippen LogP contribution >= 0.6 is 11.3 Å². The molecule has 1 aromatic rings. The largest absolute Gasteiger partial charge is 0.312 e. The monoisotopic (exact) mass is 294 g/mol. The molecule has 0 aliphatic heterocycles. The Labute approximate surface area is 128 Å². The van der Waals surface area contributed by atoms with Gasteiger partial charge in [0.15, 0.2) is 0 Å². The molecule has 1 aliphatic rings. The lowest BCUT2D eigenvalue weighted by atomic mass is 9.83. The number of nitrogens with zero attached hydrogens (tertiary/aromatic N) is 1. The van der Waals surface area contributed by atoms with Gasteiger partial charge in [-0.2, -0.15) is 0 Å². The molecule has 0 saturated heterocycles. The Balaban J connectivity index is 2.03. The van der Waals surface area contributed by atoms with Gasteiger partial charge in [0.05, 0.1) is 10.7 Å². The van der Waals surface area contributed by atoms with Crippen LogP contribution in [-0.2, 0) is 13.0 Å². The summed E-state index contributed by atoms with van der Waals surface area (Å²) in [6, 6.07) is 0. The summed E-state index contributed by atoms with van der Waals surface area (Å²) < 4.78 is 0. The van der Waals surface area contributed by atoms with Gasteiger partial charge < -0.3 is 5.32 Å². The average molecular weight is 295 g/mol. The van der Waals surface area contributed by atoms with Gasteiger partial charge in [-0.3, -0.25) is 0 Å². The number of hydrogen-bond donors (Lipinski definition) is 1. The van der Waals surface area contributed by atoms with Crippen molar-refractivity contribution < 1.29 is 0 Å². The van der Waals surface area contributed by atoms with E-state index in [0.717, 1.165) is 31.3 Å². The predicted molar refractivity (Wildman–Crippen MR) is 88.5 cm³/mol. The van der Waals surface area contributed by atoms with E-state index in [9.17, 15) is 0 Å². The maximum atomic E-state index is 5.01. The molecular formula is C17H30N2S. The van der Waals surface area contributed by atoms with Gasteiger partial charge in [-0.25, -0.2) is 4.98 Å². The quantitative estimate of drug-likeness (QED) is 0.724. The zero-order chi connectivity index (χ0) is 14.4. The highest BCUT2D eigenvalue weighted by Gasteiger charge is 2.23. The van der Waals surface area contributed by atoms with Crippen LogP contribution in [0.15, 0.2) is 0 Å². The molecule has 114 valence electrons. The minimum absolute atomic E-state index is 0.742. The SMILES string of the molecule is CCCNCc1sc(C2CCC(C)CC2)nc1CCC. The number of aryl methyl sites for hydroxylation is 1. The van der Waals surface area contributed by atoms with Crippen LogP contribution in [0.1, 0.15) is 80.8 Å². The molecule has 20 heavy (non-hydrogen) atoms. The molecule has 0 atom stereocenters. The molecule has 0 radical (unpaired) electrons. The zero-order valence-electron chi connectivity index (χ0n) is 13.4. The first-order chi connectivity index (χ1) is 9.74. The van der Waals surface area contributed by atoms with E-state index in [0.29, 0.717) is 0 Å². The van der Waals surface area contributed by atoms with E-state index in [1.54, 1.807) is 0 Å². The van der Waals surface area contributed by atoms with E-state index >= 15 is 0 Å². The van der Waals surface area contributed by atoms with E-state index in [-0.39, 0.29) is 0 Å². The second kappa shape index (κ2) is 8.14. The fourth-order valence-electron chi connectivity index (χ4n) is 3.03. The summed E-state index contributed by atoms with van der Waals surface area (Å²) in [5, 5.41) is 4.97. The molecule has 0 amide bonds. The molecule has 0 spiro atoms. The fraction of sp³-hybridized carbons (Fsp3) is 0.824. The van der Waals surface area contributed by atoms with Crippen LogP contribution in [0.3, 0.4) is 0 Å². The summed E-state index contributed by atoms with van der Waals surface area (Å²) in [7, 11) is 0. The molecule has 1 saturated carbocycles. The average Bonchev–Trinajstić information content (AvgIpc) is 2.84. The molecule has 1 aromatic heterocycles. The minimum Gasteiger partial charge on any atom is -0.312 e. The van der Waals surface area contributed by atoms with Crippen LogP contribution in [0, 0.1) is 5.92 Å². The third kappa shape index (κ3) is 4.29. The first kappa shape index (κ1) is 16.0. The van der Waals surface area contributed by atoms with Gasteiger partial charge >= 0.3 is 0 Å². The van der Waals surface area contributed by atoms with Crippen LogP contribution < -0.4 is 5.32 Å². The summed E-state index contributed by atoms with van der Waals surface area (Å²) in [5.74, 6) is 1.67. The van der Waals surface area contributed by atoms with E-state index in [1.807, 2.05) is 11.3 Å². The van der Waals surface area contributed by atoms with Gasteiger partial charge in [0.1, 0.15) is 0 Å². The number of nitrogens with one attached hydrogen (secondary N) is 1. The van der Waals surface area contributed by atoms with Crippen LogP contribution in [0.5, 0.6) is 0 Å². The first-order valence-electron chi connectivity index (χ1n) is 8.43. The number of aromatic nitrogens is 1. The summed E-state index contributed by atoms with van der Waals surface area (Å²) in [6.45, 7) is 9.00. The lowest BCUT2D eigenvalue weighted by Crippen LogP contribution is -2.13. The molecule has 1 fully saturated rings. The minimum atomic E-state index is 0.742. The highest BCUT2D eigenvalue weighted by atomic mass is 32.1. The van der Waals surface area contributed by atoms with Crippen molar-refractivity contribution in [2.45, 2.75) is 78.2 Å². The molecule has 2 nitrogen and oxygen atoms in total. The molecular weight excluding hydrogens is 264 g/mol. The van der Waals surface area contributed by atoms with Crippen molar-refractivity contribution in [3.63, 3.8) is 0 Å². The van der Waals surface area contributed by atoms with Gasteiger partial charge in [0.25, 0.3) is 0 Å². The Morgan fingerprint density at radius 3 is 2.55 bits per heavy atom. The van der Waals surface area contributed by atoms with Crippen molar-refractivity contribution >= 4 is 11.3 Å². The molecule has 2 rings (SSSR count). The van der Waals surface area contributed by atoms with Crippen LogP contribution in [0.2, 0.25) is 0 Å². The van der Waals surface area contributed by atoms with Crippen molar-refractivity contribution in [1.29, 1.82) is 0 Å². The standard InChI is InChI=1S/C17H30N2S/c1-4-6-15-16(12-18-11-5-2)20-17(19-15)14-9-7-13(3)8-10-14/h13-14,18H,4-12H2,1-3H3. The molecule has 3 heteroatoms. The zero-order valence-corrected chi connectivity index (χ0v) is 14.2. The molecule has 1 N–H and O–H groups in total. The second-order valence-electron chi connectivity index (χ2n) is 6.31. The highest BCUT2D eigenvalue weighted by molar-refractivity contribution is 7.11. The normalized spacial score (nSPS) is 23.1. The van der Waals surface area contributed by atoms with E-state index in [2.05, 4.69) is 26.1 Å². The molecule has 0 unspecified atom stereocenters. The molecule has 0 aromatic carbocycles. The Morgan fingerprint density at radius 1 is 1.15 bits per heavy atom. The van der Waals surface area contributed by atoms with E-state index in [1.165, 1.54) is 54.1 Å². The third-order valence-electron chi connectivity index (χ3n) is 4.36. The lowest BCUT2D eigenvalue weighted by Gasteiger charge is -2.24. The van der Waals surface area contributed by atoms with Gasteiger partial charge in [-0.15, -0.1) is 11.3 Å². The summed E-state index contributed by atoms with van der Waals surface area (Å²) >= 11 is 1.98. The Hall–Kier alpha value is -0.410. The van der Waals surface area contributed by atoms with Crippen molar-refractivity contribution in [2.75, 3.05) is 6.54 Å². The maximum absolute atomic E-state index is 5.01. The summed E-state index contributed by atoms with van der Waals surface area (Å²) in [6.07, 6.45) is 9.02. The van der Waals surface area contributed by atoms with E-state index < -0.39 is 0 Å². The van der Waals surface area contributed by atoms with Gasteiger partial charge in [-0.05, 0) is 38.1 Å². The van der Waals surface area contributed by atoms with Crippen LogP contribution in [-0.4, -0.2) is 11.5 Å².